The predicted molar refractivity (Wildman–Crippen MR) is 88.2 cm³/mol. The zero-order valence-corrected chi connectivity index (χ0v) is 13.3. The van der Waals surface area contributed by atoms with Crippen molar-refractivity contribution in [1.82, 2.24) is 5.43 Å². The van der Waals surface area contributed by atoms with Gasteiger partial charge in [-0.15, -0.1) is 0 Å². The molecule has 0 aliphatic carbocycles. The number of nitrogens with one attached hydrogen (secondary N) is 2. The van der Waals surface area contributed by atoms with Crippen LogP contribution in [0.2, 0.25) is 0 Å². The largest absolute Gasteiger partial charge is 0.497 e. The number of hydrogen-bond donors (Lipinski definition) is 2. The highest BCUT2D eigenvalue weighted by Gasteiger charge is 2.06. The number of amides is 1. The van der Waals surface area contributed by atoms with Crippen LogP contribution in [0, 0.1) is 11.6 Å². The van der Waals surface area contributed by atoms with Crippen molar-refractivity contribution >= 4 is 17.3 Å². The summed E-state index contributed by atoms with van der Waals surface area (Å²) in [4.78, 5) is 11.8. The lowest BCUT2D eigenvalue weighted by atomic mass is 10.1. The zero-order chi connectivity index (χ0) is 17.5. The Morgan fingerprint density at radius 2 is 1.83 bits per heavy atom. The molecule has 5 nitrogen and oxygen atoms in total. The van der Waals surface area contributed by atoms with Gasteiger partial charge in [-0.05, 0) is 49.4 Å². The van der Waals surface area contributed by atoms with Crippen molar-refractivity contribution in [2.45, 2.75) is 6.92 Å². The van der Waals surface area contributed by atoms with E-state index in [0.29, 0.717) is 11.3 Å². The van der Waals surface area contributed by atoms with E-state index < -0.39 is 11.6 Å². The minimum absolute atomic E-state index is 0.0148. The first kappa shape index (κ1) is 17.4. The van der Waals surface area contributed by atoms with Gasteiger partial charge in [-0.2, -0.15) is 5.10 Å². The lowest BCUT2D eigenvalue weighted by molar-refractivity contribution is -0.119. The van der Waals surface area contributed by atoms with Gasteiger partial charge in [0.2, 0.25) is 0 Å². The third-order valence-corrected chi connectivity index (χ3v) is 3.23. The summed E-state index contributed by atoms with van der Waals surface area (Å²) in [5.41, 5.74) is 3.86. The van der Waals surface area contributed by atoms with Gasteiger partial charge in [0.15, 0.2) is 11.6 Å². The van der Waals surface area contributed by atoms with E-state index in [-0.39, 0.29) is 12.5 Å². The Morgan fingerprint density at radius 3 is 2.46 bits per heavy atom. The number of halogens is 2. The SMILES string of the molecule is COc1ccc(NCC(=O)N/N=C(/C)c2ccc(F)c(F)c2)cc1. The summed E-state index contributed by atoms with van der Waals surface area (Å²) in [6.45, 7) is 1.60. The highest BCUT2D eigenvalue weighted by Crippen LogP contribution is 2.14. The van der Waals surface area contributed by atoms with Crippen molar-refractivity contribution < 1.29 is 18.3 Å². The van der Waals surface area contributed by atoms with Crippen LogP contribution in [0.3, 0.4) is 0 Å². The third kappa shape index (κ3) is 4.77. The van der Waals surface area contributed by atoms with Crippen LogP contribution < -0.4 is 15.5 Å². The van der Waals surface area contributed by atoms with Crippen LogP contribution in [0.15, 0.2) is 47.6 Å². The Kier molecular flexibility index (Phi) is 5.83. The molecule has 0 spiro atoms. The number of anilines is 1. The second-order valence-corrected chi connectivity index (χ2v) is 4.94. The topological polar surface area (TPSA) is 62.7 Å². The van der Waals surface area contributed by atoms with Crippen LogP contribution >= 0.6 is 0 Å². The molecule has 7 heteroatoms. The van der Waals surface area contributed by atoms with E-state index in [1.807, 2.05) is 0 Å². The van der Waals surface area contributed by atoms with Crippen LogP contribution in [0.5, 0.6) is 5.75 Å². The van der Waals surface area contributed by atoms with E-state index in [4.69, 9.17) is 4.74 Å². The summed E-state index contributed by atoms with van der Waals surface area (Å²) >= 11 is 0. The molecule has 0 heterocycles. The second-order valence-electron chi connectivity index (χ2n) is 4.94. The average Bonchev–Trinajstić information content (AvgIpc) is 2.60. The standard InChI is InChI=1S/C17H17F2N3O2/c1-11(12-3-8-15(18)16(19)9-12)21-22-17(23)10-20-13-4-6-14(24-2)7-5-13/h3-9,20H,10H2,1-2H3,(H,22,23)/b21-11-. The maximum atomic E-state index is 13.2. The number of hydrogen-bond acceptors (Lipinski definition) is 4. The molecule has 126 valence electrons. The summed E-state index contributed by atoms with van der Waals surface area (Å²) in [6, 6.07) is 10.5. The van der Waals surface area contributed by atoms with Crippen LogP contribution in [0.4, 0.5) is 14.5 Å². The molecule has 0 radical (unpaired) electrons. The number of rotatable bonds is 6. The smallest absolute Gasteiger partial charge is 0.259 e. The maximum absolute atomic E-state index is 13.2. The van der Waals surface area contributed by atoms with Gasteiger partial charge in [0.25, 0.3) is 5.91 Å². The monoisotopic (exact) mass is 333 g/mol. The van der Waals surface area contributed by atoms with E-state index in [0.717, 1.165) is 23.6 Å². The van der Waals surface area contributed by atoms with Crippen LogP contribution in [-0.2, 0) is 4.79 Å². The molecule has 2 N–H and O–H groups in total. The molecule has 0 unspecified atom stereocenters. The molecule has 0 aliphatic heterocycles. The molecule has 0 aliphatic rings. The number of hydrazone groups is 1. The van der Waals surface area contributed by atoms with E-state index in [2.05, 4.69) is 15.8 Å². The summed E-state index contributed by atoms with van der Waals surface area (Å²) in [7, 11) is 1.57. The van der Waals surface area contributed by atoms with Crippen molar-refractivity contribution in [2.24, 2.45) is 5.10 Å². The molecule has 0 saturated carbocycles. The number of carbonyl (C=O) groups is 1. The van der Waals surface area contributed by atoms with Crippen LogP contribution in [0.1, 0.15) is 12.5 Å². The van der Waals surface area contributed by atoms with Gasteiger partial charge >= 0.3 is 0 Å². The van der Waals surface area contributed by atoms with E-state index in [1.165, 1.54) is 6.07 Å². The molecule has 0 aromatic heterocycles. The molecule has 2 rings (SSSR count). The summed E-state index contributed by atoms with van der Waals surface area (Å²) in [5, 5.41) is 6.80. The number of carbonyl (C=O) groups excluding carboxylic acids is 1. The molecular weight excluding hydrogens is 316 g/mol. The Bertz CT molecular complexity index is 746. The van der Waals surface area contributed by atoms with Crippen molar-refractivity contribution in [3.63, 3.8) is 0 Å². The third-order valence-electron chi connectivity index (χ3n) is 3.23. The fraction of sp³-hybridized carbons (Fsp3) is 0.176. The molecule has 2 aromatic carbocycles. The van der Waals surface area contributed by atoms with Gasteiger partial charge in [-0.1, -0.05) is 0 Å². The quantitative estimate of drug-likeness (QED) is 0.631. The molecule has 24 heavy (non-hydrogen) atoms. The van der Waals surface area contributed by atoms with E-state index in [1.54, 1.807) is 38.3 Å². The van der Waals surface area contributed by atoms with Crippen LogP contribution in [0.25, 0.3) is 0 Å². The Labute approximate surface area is 138 Å². The summed E-state index contributed by atoms with van der Waals surface area (Å²) < 4.78 is 31.1. The summed E-state index contributed by atoms with van der Waals surface area (Å²) in [6.07, 6.45) is 0. The van der Waals surface area contributed by atoms with Gasteiger partial charge in [-0.3, -0.25) is 4.79 Å². The van der Waals surface area contributed by atoms with Crippen molar-refractivity contribution in [3.8, 4) is 5.75 Å². The highest BCUT2D eigenvalue weighted by molar-refractivity contribution is 5.99. The molecule has 0 fully saturated rings. The fourth-order valence-electron chi connectivity index (χ4n) is 1.86. The molecule has 0 bridgehead atoms. The van der Waals surface area contributed by atoms with E-state index >= 15 is 0 Å². The molecule has 1 amide bonds. The number of nitrogens with zero attached hydrogens (tertiary/aromatic N) is 1. The van der Waals surface area contributed by atoms with Crippen molar-refractivity contribution in [3.05, 3.63) is 59.7 Å². The Morgan fingerprint density at radius 1 is 1.12 bits per heavy atom. The minimum atomic E-state index is -0.963. The normalized spacial score (nSPS) is 11.1. The maximum Gasteiger partial charge on any atom is 0.259 e. The Hall–Kier alpha value is -2.96. The number of methoxy groups -OCH3 is 1. The zero-order valence-electron chi connectivity index (χ0n) is 13.3. The molecular formula is C17H17F2N3O2. The van der Waals surface area contributed by atoms with Crippen molar-refractivity contribution in [1.29, 1.82) is 0 Å². The van der Waals surface area contributed by atoms with E-state index in [9.17, 15) is 13.6 Å². The first-order chi connectivity index (χ1) is 11.5. The minimum Gasteiger partial charge on any atom is -0.497 e. The van der Waals surface area contributed by atoms with Gasteiger partial charge < -0.3 is 10.1 Å². The predicted octanol–water partition coefficient (Wildman–Crippen LogP) is 2.93. The van der Waals surface area contributed by atoms with Crippen LogP contribution in [-0.4, -0.2) is 25.3 Å². The lowest BCUT2D eigenvalue weighted by Crippen LogP contribution is -2.26. The summed E-state index contributed by atoms with van der Waals surface area (Å²) in [5.74, 6) is -1.54. The number of ether oxygens (including phenoxy) is 1. The average molecular weight is 333 g/mol. The molecule has 0 saturated heterocycles. The Balaban J connectivity index is 1.87. The van der Waals surface area contributed by atoms with Crippen molar-refractivity contribution in [2.75, 3.05) is 19.0 Å². The van der Waals surface area contributed by atoms with Gasteiger partial charge in [0, 0.05) is 11.3 Å². The first-order valence-corrected chi connectivity index (χ1v) is 7.16. The van der Waals surface area contributed by atoms with Gasteiger partial charge in [0.1, 0.15) is 5.75 Å². The lowest BCUT2D eigenvalue weighted by Gasteiger charge is -2.07. The highest BCUT2D eigenvalue weighted by atomic mass is 19.2. The first-order valence-electron chi connectivity index (χ1n) is 7.16. The second kappa shape index (κ2) is 8.05. The van der Waals surface area contributed by atoms with Gasteiger partial charge in [0.05, 0.1) is 19.4 Å². The molecule has 2 aromatic rings. The van der Waals surface area contributed by atoms with Gasteiger partial charge in [-0.25, -0.2) is 14.2 Å². The molecule has 0 atom stereocenters. The fourth-order valence-corrected chi connectivity index (χ4v) is 1.86. The number of benzene rings is 2.